The summed E-state index contributed by atoms with van der Waals surface area (Å²) in [7, 11) is -1.90. The lowest BCUT2D eigenvalue weighted by Crippen LogP contribution is -2.62. The molecule has 0 aromatic heterocycles. The fraction of sp³-hybridized carbons (Fsp3) is 0.368. The van der Waals surface area contributed by atoms with E-state index in [0.29, 0.717) is 13.0 Å². The van der Waals surface area contributed by atoms with Gasteiger partial charge in [0.2, 0.25) is 5.91 Å². The van der Waals surface area contributed by atoms with Crippen molar-refractivity contribution < 1.29 is 14.1 Å². The zero-order valence-electron chi connectivity index (χ0n) is 14.7. The Bertz CT molecular complexity index is 745. The lowest BCUT2D eigenvalue weighted by molar-refractivity contribution is -0.242. The molecule has 0 radical (unpaired) electrons. The molecule has 1 spiro atoms. The summed E-state index contributed by atoms with van der Waals surface area (Å²) >= 11 is 0. The van der Waals surface area contributed by atoms with Gasteiger partial charge in [-0.25, -0.2) is 5.06 Å². The Morgan fingerprint density at radius 3 is 2.32 bits per heavy atom. The van der Waals surface area contributed by atoms with Gasteiger partial charge >= 0.3 is 0 Å². The van der Waals surface area contributed by atoms with Crippen LogP contribution in [0.15, 0.2) is 54.6 Å². The van der Waals surface area contributed by atoms with Crippen LogP contribution in [0.25, 0.3) is 0 Å². The second-order valence-corrected chi connectivity index (χ2v) is 11.8. The van der Waals surface area contributed by atoms with Gasteiger partial charge in [0.15, 0.2) is 13.9 Å². The molecule has 1 aromatic rings. The van der Waals surface area contributed by atoms with Crippen LogP contribution >= 0.6 is 0 Å². The van der Waals surface area contributed by atoms with Crippen LogP contribution in [0.3, 0.4) is 0 Å². The first kappa shape index (κ1) is 17.6. The fourth-order valence-electron chi connectivity index (χ4n) is 3.00. The molecule has 1 aromatic carbocycles. The van der Waals surface area contributed by atoms with E-state index >= 15 is 0 Å². The number of nitrogens with zero attached hydrogens (tertiary/aromatic N) is 2. The number of hydroxylamine groups is 2. The van der Waals surface area contributed by atoms with Crippen molar-refractivity contribution in [3.8, 4) is 6.07 Å². The Morgan fingerprint density at radius 2 is 1.80 bits per heavy atom. The smallest absolute Gasteiger partial charge is 0.250 e. The number of carbonyl (C=O) groups is 1. The van der Waals surface area contributed by atoms with E-state index in [1.54, 1.807) is 12.2 Å². The van der Waals surface area contributed by atoms with Gasteiger partial charge in [-0.3, -0.25) is 9.63 Å². The molecular formula is C19H22N2O3Si. The highest BCUT2D eigenvalue weighted by atomic mass is 28.4. The van der Waals surface area contributed by atoms with Crippen molar-refractivity contribution in [2.24, 2.45) is 0 Å². The molecule has 25 heavy (non-hydrogen) atoms. The molecule has 1 amide bonds. The summed E-state index contributed by atoms with van der Waals surface area (Å²) in [6.45, 7) is 6.45. The normalized spacial score (nSPS) is 28.1. The lowest BCUT2D eigenvalue weighted by atomic mass is 9.79. The molecule has 5 nitrogen and oxygen atoms in total. The number of rotatable bonds is 5. The van der Waals surface area contributed by atoms with Crippen LogP contribution in [-0.2, 0) is 20.7 Å². The summed E-state index contributed by atoms with van der Waals surface area (Å²) in [6.07, 6.45) is 7.53. The molecule has 3 rings (SSSR count). The van der Waals surface area contributed by atoms with Crippen LogP contribution in [0, 0.1) is 11.3 Å². The zero-order chi connectivity index (χ0) is 18.1. The standard InChI is InChI=1S/C19H22N2O3Si/c1-25(2,3)24-19(15-20)11-9-18(10-12-19)13-17(22)21(18)23-14-16-7-5-4-6-8-16/h4-12H,13-14H2,1-3H3. The van der Waals surface area contributed by atoms with E-state index in [9.17, 15) is 10.1 Å². The molecule has 1 heterocycles. The first-order valence-corrected chi connectivity index (χ1v) is 11.7. The maximum absolute atomic E-state index is 12.0. The van der Waals surface area contributed by atoms with E-state index in [0.717, 1.165) is 5.56 Å². The molecule has 0 N–H and O–H groups in total. The number of benzene rings is 1. The molecule has 130 valence electrons. The van der Waals surface area contributed by atoms with E-state index in [4.69, 9.17) is 9.26 Å². The van der Waals surface area contributed by atoms with Crippen molar-refractivity contribution in [3.05, 3.63) is 60.2 Å². The van der Waals surface area contributed by atoms with Crippen molar-refractivity contribution in [2.75, 3.05) is 0 Å². The van der Waals surface area contributed by atoms with Gasteiger partial charge in [0.1, 0.15) is 18.2 Å². The quantitative estimate of drug-likeness (QED) is 0.462. The predicted molar refractivity (Wildman–Crippen MR) is 96.5 cm³/mol. The van der Waals surface area contributed by atoms with Crippen molar-refractivity contribution >= 4 is 14.2 Å². The molecule has 6 heteroatoms. The number of carbonyl (C=O) groups excluding carboxylic acids is 1. The van der Waals surface area contributed by atoms with Crippen molar-refractivity contribution in [1.82, 2.24) is 5.06 Å². The maximum Gasteiger partial charge on any atom is 0.250 e. The number of nitriles is 1. The molecule has 0 bridgehead atoms. The van der Waals surface area contributed by atoms with Crippen molar-refractivity contribution in [1.29, 1.82) is 5.26 Å². The maximum atomic E-state index is 12.0. The monoisotopic (exact) mass is 354 g/mol. The van der Waals surface area contributed by atoms with Crippen LogP contribution in [-0.4, -0.2) is 30.4 Å². The summed E-state index contributed by atoms with van der Waals surface area (Å²) in [5.41, 5.74) is -0.677. The van der Waals surface area contributed by atoms with Crippen LogP contribution in [0.2, 0.25) is 19.6 Å². The molecule has 2 aliphatic rings. The summed E-state index contributed by atoms with van der Waals surface area (Å²) in [6, 6.07) is 11.9. The minimum absolute atomic E-state index is 0.0687. The first-order chi connectivity index (χ1) is 11.8. The Kier molecular flexibility index (Phi) is 4.41. The molecular weight excluding hydrogens is 332 g/mol. The second kappa shape index (κ2) is 6.26. The summed E-state index contributed by atoms with van der Waals surface area (Å²) in [4.78, 5) is 17.8. The number of β-lactam (4-membered cyclic amide) rings is 1. The molecule has 1 fully saturated rings. The largest absolute Gasteiger partial charge is 0.394 e. The molecule has 1 aliphatic carbocycles. The van der Waals surface area contributed by atoms with Crippen molar-refractivity contribution in [3.63, 3.8) is 0 Å². The van der Waals surface area contributed by atoms with E-state index in [1.807, 2.05) is 62.1 Å². The van der Waals surface area contributed by atoms with Gasteiger partial charge < -0.3 is 4.43 Å². The molecule has 0 atom stereocenters. The number of amides is 1. The third-order valence-corrected chi connectivity index (χ3v) is 5.08. The van der Waals surface area contributed by atoms with Crippen LogP contribution in [0.5, 0.6) is 0 Å². The second-order valence-electron chi connectivity index (χ2n) is 7.40. The highest BCUT2D eigenvalue weighted by Gasteiger charge is 2.52. The highest BCUT2D eigenvalue weighted by molar-refractivity contribution is 6.69. The van der Waals surface area contributed by atoms with Gasteiger partial charge in [0.25, 0.3) is 0 Å². The van der Waals surface area contributed by atoms with Gasteiger partial charge in [-0.1, -0.05) is 42.5 Å². The van der Waals surface area contributed by atoms with Crippen LogP contribution < -0.4 is 0 Å². The van der Waals surface area contributed by atoms with Gasteiger partial charge in [0, 0.05) is 0 Å². The Morgan fingerprint density at radius 1 is 1.16 bits per heavy atom. The molecule has 1 saturated heterocycles. The highest BCUT2D eigenvalue weighted by Crippen LogP contribution is 2.40. The van der Waals surface area contributed by atoms with Gasteiger partial charge in [0.05, 0.1) is 6.42 Å². The average Bonchev–Trinajstić information content (AvgIpc) is 2.56. The van der Waals surface area contributed by atoms with Gasteiger partial charge in [-0.05, 0) is 37.4 Å². The summed E-state index contributed by atoms with van der Waals surface area (Å²) < 4.78 is 6.03. The van der Waals surface area contributed by atoms with E-state index in [2.05, 4.69) is 6.07 Å². The third kappa shape index (κ3) is 3.59. The number of hydrogen-bond acceptors (Lipinski definition) is 4. The lowest BCUT2D eigenvalue weighted by Gasteiger charge is -2.49. The zero-order valence-corrected chi connectivity index (χ0v) is 15.7. The number of hydrogen-bond donors (Lipinski definition) is 0. The Hall–Kier alpha value is -2.20. The van der Waals surface area contributed by atoms with E-state index in [-0.39, 0.29) is 5.91 Å². The first-order valence-electron chi connectivity index (χ1n) is 8.30. The Labute approximate surface area is 149 Å². The topological polar surface area (TPSA) is 62.6 Å². The average molecular weight is 354 g/mol. The van der Waals surface area contributed by atoms with Crippen LogP contribution in [0.4, 0.5) is 0 Å². The van der Waals surface area contributed by atoms with E-state index < -0.39 is 19.5 Å². The minimum Gasteiger partial charge on any atom is -0.394 e. The summed E-state index contributed by atoms with van der Waals surface area (Å²) in [5.74, 6) is -0.0687. The van der Waals surface area contributed by atoms with E-state index in [1.165, 1.54) is 5.06 Å². The fourth-order valence-corrected chi connectivity index (χ4v) is 4.20. The summed E-state index contributed by atoms with van der Waals surface area (Å²) in [5, 5.41) is 11.0. The molecule has 0 saturated carbocycles. The molecule has 0 unspecified atom stereocenters. The SMILES string of the molecule is C[Si](C)(C)OC1(C#N)C=CC2(C=C1)CC(=O)N2OCc1ccccc1. The molecule has 1 aliphatic heterocycles. The van der Waals surface area contributed by atoms with Gasteiger partial charge in [-0.15, -0.1) is 0 Å². The Balaban J connectivity index is 1.73. The van der Waals surface area contributed by atoms with Crippen molar-refractivity contribution in [2.45, 2.75) is 43.8 Å². The minimum atomic E-state index is -1.90. The van der Waals surface area contributed by atoms with Gasteiger partial charge in [-0.2, -0.15) is 5.26 Å². The third-order valence-electron chi connectivity index (χ3n) is 4.13. The predicted octanol–water partition coefficient (Wildman–Crippen LogP) is 3.33. The van der Waals surface area contributed by atoms with Crippen LogP contribution in [0.1, 0.15) is 12.0 Å².